The van der Waals surface area contributed by atoms with Crippen LogP contribution >= 0.6 is 0 Å². The van der Waals surface area contributed by atoms with Crippen LogP contribution in [0.5, 0.6) is 0 Å². The molecule has 0 unspecified atom stereocenters. The van der Waals surface area contributed by atoms with Gasteiger partial charge in [-0.25, -0.2) is 0 Å². The molecule has 0 amide bonds. The van der Waals surface area contributed by atoms with E-state index in [1.54, 1.807) is 0 Å². The van der Waals surface area contributed by atoms with Gasteiger partial charge in [-0.2, -0.15) is 0 Å². The number of likely N-dealkylation sites (N-methyl/N-ethyl adjacent to an activating group) is 1. The highest BCUT2D eigenvalue weighted by Gasteiger charge is 2.29. The van der Waals surface area contributed by atoms with Gasteiger partial charge in [-0.15, -0.1) is 0 Å². The van der Waals surface area contributed by atoms with E-state index in [9.17, 15) is 5.11 Å². The van der Waals surface area contributed by atoms with E-state index in [4.69, 9.17) is 4.98 Å². The third kappa shape index (κ3) is 2.53. The van der Waals surface area contributed by atoms with Crippen LogP contribution in [0.1, 0.15) is 50.1 Å². The highest BCUT2D eigenvalue weighted by atomic mass is 16.3. The number of aromatic nitrogens is 1. The molecular formula is C19H26N2O. The van der Waals surface area contributed by atoms with E-state index < -0.39 is 5.60 Å². The zero-order valence-corrected chi connectivity index (χ0v) is 14.1. The van der Waals surface area contributed by atoms with Crippen LogP contribution < -0.4 is 0 Å². The second-order valence-electron chi connectivity index (χ2n) is 6.76. The number of benzene rings is 1. The van der Waals surface area contributed by atoms with Crippen LogP contribution in [-0.4, -0.2) is 28.1 Å². The van der Waals surface area contributed by atoms with Gasteiger partial charge in [0.15, 0.2) is 0 Å². The Kier molecular flexibility index (Phi) is 3.96. The Morgan fingerprint density at radius 2 is 2.05 bits per heavy atom. The van der Waals surface area contributed by atoms with Gasteiger partial charge in [0.25, 0.3) is 0 Å². The lowest BCUT2D eigenvalue weighted by Crippen LogP contribution is -2.34. The summed E-state index contributed by atoms with van der Waals surface area (Å²) in [7, 11) is 0. The fourth-order valence-electron chi connectivity index (χ4n) is 3.63. The summed E-state index contributed by atoms with van der Waals surface area (Å²) < 4.78 is 0. The number of rotatable bonds is 3. The number of hydrogen-bond donors (Lipinski definition) is 1. The SMILES string of the molecule is CCc1cccc2c(C(C)(C)O)c3c(nc12)CCN(CC)C3. The monoisotopic (exact) mass is 298 g/mol. The summed E-state index contributed by atoms with van der Waals surface area (Å²) in [6.45, 7) is 11.1. The zero-order valence-electron chi connectivity index (χ0n) is 14.1. The minimum absolute atomic E-state index is 0.853. The summed E-state index contributed by atoms with van der Waals surface area (Å²) in [6, 6.07) is 6.35. The van der Waals surface area contributed by atoms with E-state index in [0.717, 1.165) is 48.9 Å². The van der Waals surface area contributed by atoms with E-state index in [0.29, 0.717) is 0 Å². The Hall–Kier alpha value is -1.45. The fraction of sp³-hybridized carbons (Fsp3) is 0.526. The van der Waals surface area contributed by atoms with Crippen LogP contribution in [0, 0.1) is 0 Å². The summed E-state index contributed by atoms with van der Waals surface area (Å²) in [5, 5.41) is 11.9. The van der Waals surface area contributed by atoms with Gasteiger partial charge in [-0.1, -0.05) is 32.0 Å². The predicted molar refractivity (Wildman–Crippen MR) is 91.0 cm³/mol. The Labute approximate surface area is 133 Å². The number of fused-ring (bicyclic) bond motifs is 2. The van der Waals surface area contributed by atoms with Crippen molar-refractivity contribution in [2.45, 2.75) is 52.7 Å². The van der Waals surface area contributed by atoms with Crippen LogP contribution in [0.3, 0.4) is 0 Å². The van der Waals surface area contributed by atoms with Crippen molar-refractivity contribution in [3.8, 4) is 0 Å². The molecule has 0 bridgehead atoms. The van der Waals surface area contributed by atoms with Crippen LogP contribution in [-0.2, 0) is 25.0 Å². The third-order valence-electron chi connectivity index (χ3n) is 4.77. The highest BCUT2D eigenvalue weighted by Crippen LogP contribution is 2.36. The van der Waals surface area contributed by atoms with Gasteiger partial charge in [0.1, 0.15) is 0 Å². The first-order valence-electron chi connectivity index (χ1n) is 8.34. The lowest BCUT2D eigenvalue weighted by Gasteiger charge is -2.33. The minimum atomic E-state index is -0.853. The number of para-hydroxylation sites is 1. The summed E-state index contributed by atoms with van der Waals surface area (Å²) in [5.74, 6) is 0. The Morgan fingerprint density at radius 3 is 2.68 bits per heavy atom. The van der Waals surface area contributed by atoms with Gasteiger partial charge < -0.3 is 5.11 Å². The molecule has 0 saturated carbocycles. The molecule has 118 valence electrons. The molecule has 0 saturated heterocycles. The molecule has 3 heteroatoms. The number of aryl methyl sites for hydroxylation is 1. The highest BCUT2D eigenvalue weighted by molar-refractivity contribution is 5.87. The van der Waals surface area contributed by atoms with E-state index in [2.05, 4.69) is 36.9 Å². The van der Waals surface area contributed by atoms with E-state index in [1.807, 2.05) is 13.8 Å². The number of pyridine rings is 1. The lowest BCUT2D eigenvalue weighted by molar-refractivity contribution is 0.0775. The van der Waals surface area contributed by atoms with E-state index in [-0.39, 0.29) is 0 Å². The third-order valence-corrected chi connectivity index (χ3v) is 4.77. The summed E-state index contributed by atoms with van der Waals surface area (Å²) >= 11 is 0. The molecule has 22 heavy (non-hydrogen) atoms. The first-order chi connectivity index (χ1) is 10.5. The van der Waals surface area contributed by atoms with Crippen molar-refractivity contribution in [2.24, 2.45) is 0 Å². The van der Waals surface area contributed by atoms with Crippen LogP contribution in [0.4, 0.5) is 0 Å². The van der Waals surface area contributed by atoms with Crippen molar-refractivity contribution >= 4 is 10.9 Å². The van der Waals surface area contributed by atoms with Crippen molar-refractivity contribution < 1.29 is 5.11 Å². The first kappa shape index (κ1) is 15.4. The summed E-state index contributed by atoms with van der Waals surface area (Å²) in [4.78, 5) is 7.42. The average molecular weight is 298 g/mol. The van der Waals surface area contributed by atoms with Gasteiger partial charge in [0.05, 0.1) is 11.1 Å². The van der Waals surface area contributed by atoms with Crippen molar-refractivity contribution in [1.82, 2.24) is 9.88 Å². The molecule has 3 rings (SSSR count). The summed E-state index contributed by atoms with van der Waals surface area (Å²) in [5.41, 5.74) is 4.97. The van der Waals surface area contributed by atoms with Crippen molar-refractivity contribution in [1.29, 1.82) is 0 Å². The van der Waals surface area contributed by atoms with E-state index >= 15 is 0 Å². The molecular weight excluding hydrogens is 272 g/mol. The molecule has 0 aliphatic carbocycles. The van der Waals surface area contributed by atoms with Crippen LogP contribution in [0.2, 0.25) is 0 Å². The molecule has 0 radical (unpaired) electrons. The standard InChI is InChI=1S/C19H26N2O/c1-5-13-8-7-9-14-17(19(3,4)22)15-12-21(6-2)11-10-16(15)20-18(13)14/h7-9,22H,5-6,10-12H2,1-4H3. The molecule has 1 aliphatic heterocycles. The van der Waals surface area contributed by atoms with Crippen LogP contribution in [0.25, 0.3) is 10.9 Å². The molecule has 0 fully saturated rings. The number of hydrogen-bond acceptors (Lipinski definition) is 3. The maximum atomic E-state index is 10.8. The van der Waals surface area contributed by atoms with Gasteiger partial charge in [0, 0.05) is 30.6 Å². The van der Waals surface area contributed by atoms with Crippen LogP contribution in [0.15, 0.2) is 18.2 Å². The smallest absolute Gasteiger partial charge is 0.0850 e. The average Bonchev–Trinajstić information content (AvgIpc) is 2.50. The molecule has 1 aliphatic rings. The largest absolute Gasteiger partial charge is 0.386 e. The summed E-state index contributed by atoms with van der Waals surface area (Å²) in [6.07, 6.45) is 1.94. The topological polar surface area (TPSA) is 36.4 Å². The Bertz CT molecular complexity index is 701. The second kappa shape index (κ2) is 5.64. The molecule has 2 heterocycles. The molecule has 0 atom stereocenters. The Morgan fingerprint density at radius 1 is 1.27 bits per heavy atom. The normalized spacial score (nSPS) is 16.0. The maximum absolute atomic E-state index is 10.8. The molecule has 1 N–H and O–H groups in total. The zero-order chi connectivity index (χ0) is 15.9. The minimum Gasteiger partial charge on any atom is -0.386 e. The number of nitrogens with zero attached hydrogens (tertiary/aromatic N) is 2. The number of aliphatic hydroxyl groups is 1. The van der Waals surface area contributed by atoms with Gasteiger partial charge in [0.2, 0.25) is 0 Å². The van der Waals surface area contributed by atoms with Gasteiger partial charge >= 0.3 is 0 Å². The second-order valence-corrected chi connectivity index (χ2v) is 6.76. The molecule has 1 aromatic heterocycles. The first-order valence-corrected chi connectivity index (χ1v) is 8.34. The molecule has 0 spiro atoms. The van der Waals surface area contributed by atoms with Gasteiger partial charge in [-0.05, 0) is 43.5 Å². The maximum Gasteiger partial charge on any atom is 0.0850 e. The van der Waals surface area contributed by atoms with Crippen molar-refractivity contribution in [3.63, 3.8) is 0 Å². The molecule has 3 nitrogen and oxygen atoms in total. The predicted octanol–water partition coefficient (Wildman–Crippen LogP) is 3.40. The van der Waals surface area contributed by atoms with Gasteiger partial charge in [-0.3, -0.25) is 9.88 Å². The van der Waals surface area contributed by atoms with Crippen molar-refractivity contribution in [2.75, 3.05) is 13.1 Å². The molecule has 2 aromatic rings. The quantitative estimate of drug-likeness (QED) is 0.943. The fourth-order valence-corrected chi connectivity index (χ4v) is 3.63. The van der Waals surface area contributed by atoms with E-state index in [1.165, 1.54) is 16.8 Å². The molecule has 1 aromatic carbocycles. The lowest BCUT2D eigenvalue weighted by atomic mass is 9.85. The van der Waals surface area contributed by atoms with Crippen molar-refractivity contribution in [3.05, 3.63) is 40.6 Å². The Balaban J connectivity index is 2.34.